The van der Waals surface area contributed by atoms with Gasteiger partial charge in [-0.3, -0.25) is 4.55 Å². The van der Waals surface area contributed by atoms with Crippen molar-refractivity contribution in [3.8, 4) is 5.75 Å². The molecule has 0 atom stereocenters. The van der Waals surface area contributed by atoms with E-state index >= 15 is 0 Å². The third-order valence-electron chi connectivity index (χ3n) is 2.46. The molecule has 0 radical (unpaired) electrons. The molecule has 0 bridgehead atoms. The number of ether oxygens (including phenoxy) is 1. The third kappa shape index (κ3) is 2.04. The van der Waals surface area contributed by atoms with E-state index < -0.39 is 10.1 Å². The summed E-state index contributed by atoms with van der Waals surface area (Å²) in [6, 6.07) is 7.48. The zero-order chi connectivity index (χ0) is 12.6. The number of hydrogen-bond donors (Lipinski definition) is 2. The highest BCUT2D eigenvalue weighted by Crippen LogP contribution is 2.32. The van der Waals surface area contributed by atoms with Gasteiger partial charge in [-0.15, -0.1) is 0 Å². The van der Waals surface area contributed by atoms with Crippen LogP contribution < -0.4 is 10.5 Å². The lowest BCUT2D eigenvalue weighted by Gasteiger charge is -2.09. The normalized spacial score (nSPS) is 11.6. The second kappa shape index (κ2) is 3.90. The molecule has 0 aliphatic carbocycles. The maximum Gasteiger partial charge on any atom is 0.295 e. The first-order valence-electron chi connectivity index (χ1n) is 4.77. The minimum Gasteiger partial charge on any atom is -0.496 e. The Morgan fingerprint density at radius 1 is 1.18 bits per heavy atom. The lowest BCUT2D eigenvalue weighted by molar-refractivity contribution is 0.419. The topological polar surface area (TPSA) is 89.6 Å². The average molecular weight is 253 g/mol. The predicted molar refractivity (Wildman–Crippen MR) is 64.7 cm³/mol. The number of benzene rings is 2. The van der Waals surface area contributed by atoms with Crippen molar-refractivity contribution < 1.29 is 17.7 Å². The summed E-state index contributed by atoms with van der Waals surface area (Å²) in [6.07, 6.45) is 0. The molecule has 0 saturated carbocycles. The second-order valence-corrected chi connectivity index (χ2v) is 4.94. The highest BCUT2D eigenvalue weighted by molar-refractivity contribution is 7.86. The van der Waals surface area contributed by atoms with Gasteiger partial charge >= 0.3 is 0 Å². The highest BCUT2D eigenvalue weighted by Gasteiger charge is 2.16. The van der Waals surface area contributed by atoms with Gasteiger partial charge in [-0.25, -0.2) is 0 Å². The molecule has 2 aromatic rings. The van der Waals surface area contributed by atoms with E-state index in [1.54, 1.807) is 12.1 Å². The molecule has 0 aliphatic heterocycles. The summed E-state index contributed by atoms with van der Waals surface area (Å²) in [7, 11) is -2.79. The summed E-state index contributed by atoms with van der Waals surface area (Å²) in [5.74, 6) is 0.500. The Balaban J connectivity index is 2.93. The molecule has 0 amide bonds. The lowest BCUT2D eigenvalue weighted by atomic mass is 10.1. The fourth-order valence-electron chi connectivity index (χ4n) is 1.71. The number of rotatable bonds is 2. The van der Waals surface area contributed by atoms with Gasteiger partial charge in [0.2, 0.25) is 0 Å². The van der Waals surface area contributed by atoms with Crippen LogP contribution in [0.1, 0.15) is 0 Å². The van der Waals surface area contributed by atoms with Crippen LogP contribution in [0.15, 0.2) is 35.2 Å². The monoisotopic (exact) mass is 253 g/mol. The molecule has 90 valence electrons. The van der Waals surface area contributed by atoms with Crippen molar-refractivity contribution in [2.45, 2.75) is 4.90 Å². The molecule has 0 saturated heterocycles. The number of hydrogen-bond acceptors (Lipinski definition) is 4. The zero-order valence-electron chi connectivity index (χ0n) is 9.04. The molecule has 0 spiro atoms. The van der Waals surface area contributed by atoms with Gasteiger partial charge < -0.3 is 10.5 Å². The minimum atomic E-state index is -4.26. The Morgan fingerprint density at radius 3 is 2.47 bits per heavy atom. The van der Waals surface area contributed by atoms with Gasteiger partial charge in [0.25, 0.3) is 10.1 Å². The quantitative estimate of drug-likeness (QED) is 0.627. The van der Waals surface area contributed by atoms with E-state index in [9.17, 15) is 8.42 Å². The van der Waals surface area contributed by atoms with Crippen LogP contribution >= 0.6 is 0 Å². The smallest absolute Gasteiger partial charge is 0.295 e. The van der Waals surface area contributed by atoms with E-state index in [-0.39, 0.29) is 4.90 Å². The number of fused-ring (bicyclic) bond motifs is 1. The summed E-state index contributed by atoms with van der Waals surface area (Å²) >= 11 is 0. The van der Waals surface area contributed by atoms with E-state index in [4.69, 9.17) is 15.0 Å². The number of methoxy groups -OCH3 is 1. The first-order chi connectivity index (χ1) is 7.93. The number of nitrogen functional groups attached to an aromatic ring is 1. The lowest BCUT2D eigenvalue weighted by Crippen LogP contribution is -2.00. The Labute approximate surface area is 98.6 Å². The molecule has 0 aromatic heterocycles. The molecule has 5 nitrogen and oxygen atoms in total. The van der Waals surface area contributed by atoms with Gasteiger partial charge in [-0.2, -0.15) is 8.42 Å². The van der Waals surface area contributed by atoms with Crippen molar-refractivity contribution in [2.24, 2.45) is 0 Å². The molecule has 0 heterocycles. The summed E-state index contributed by atoms with van der Waals surface area (Å²) in [6.45, 7) is 0. The number of nitrogens with two attached hydrogens (primary N) is 1. The fraction of sp³-hybridized carbons (Fsp3) is 0.0909. The molecular weight excluding hydrogens is 242 g/mol. The van der Waals surface area contributed by atoms with Crippen LogP contribution in [0.2, 0.25) is 0 Å². The number of anilines is 1. The predicted octanol–water partition coefficient (Wildman–Crippen LogP) is 1.68. The van der Waals surface area contributed by atoms with E-state index in [1.807, 2.05) is 0 Å². The van der Waals surface area contributed by atoms with Gasteiger partial charge in [0, 0.05) is 16.5 Å². The summed E-state index contributed by atoms with van der Waals surface area (Å²) in [5.41, 5.74) is 6.13. The maximum absolute atomic E-state index is 11.2. The van der Waals surface area contributed by atoms with E-state index in [1.165, 1.54) is 25.3 Å². The van der Waals surface area contributed by atoms with Crippen LogP contribution in [0.5, 0.6) is 5.75 Å². The Morgan fingerprint density at radius 2 is 1.88 bits per heavy atom. The van der Waals surface area contributed by atoms with Gasteiger partial charge in [0.05, 0.1) is 7.11 Å². The minimum absolute atomic E-state index is 0.159. The molecule has 2 rings (SSSR count). The maximum atomic E-state index is 11.2. The Bertz CT molecular complexity index is 679. The van der Waals surface area contributed by atoms with Crippen molar-refractivity contribution in [3.05, 3.63) is 30.3 Å². The zero-order valence-corrected chi connectivity index (χ0v) is 9.86. The van der Waals surface area contributed by atoms with Crippen LogP contribution in [0.25, 0.3) is 10.8 Å². The highest BCUT2D eigenvalue weighted by atomic mass is 32.2. The van der Waals surface area contributed by atoms with Gasteiger partial charge in [-0.1, -0.05) is 6.07 Å². The van der Waals surface area contributed by atoms with Crippen LogP contribution in [-0.4, -0.2) is 20.1 Å². The Hall–Kier alpha value is -1.79. The van der Waals surface area contributed by atoms with Crippen molar-refractivity contribution in [1.29, 1.82) is 0 Å². The van der Waals surface area contributed by atoms with E-state index in [0.29, 0.717) is 22.2 Å². The molecule has 17 heavy (non-hydrogen) atoms. The van der Waals surface area contributed by atoms with Crippen molar-refractivity contribution in [2.75, 3.05) is 12.8 Å². The van der Waals surface area contributed by atoms with Gasteiger partial charge in [0.1, 0.15) is 10.6 Å². The largest absolute Gasteiger partial charge is 0.496 e. The molecular formula is C11H11NO4S. The van der Waals surface area contributed by atoms with Crippen LogP contribution in [0.4, 0.5) is 5.69 Å². The SMILES string of the molecule is COc1ccc(S(=O)(=O)O)c2ccc(N)cc12. The van der Waals surface area contributed by atoms with Crippen LogP contribution in [0, 0.1) is 0 Å². The molecule has 2 aromatic carbocycles. The van der Waals surface area contributed by atoms with E-state index in [2.05, 4.69) is 0 Å². The summed E-state index contributed by atoms with van der Waals surface area (Å²) in [4.78, 5) is -0.159. The van der Waals surface area contributed by atoms with Gasteiger partial charge in [-0.05, 0) is 24.3 Å². The van der Waals surface area contributed by atoms with E-state index in [0.717, 1.165) is 0 Å². The average Bonchev–Trinajstić information content (AvgIpc) is 2.26. The summed E-state index contributed by atoms with van der Waals surface area (Å²) in [5, 5.41) is 0.920. The van der Waals surface area contributed by atoms with Crippen LogP contribution in [0.3, 0.4) is 0 Å². The van der Waals surface area contributed by atoms with Crippen molar-refractivity contribution >= 4 is 26.6 Å². The second-order valence-electron chi connectivity index (χ2n) is 3.55. The first-order valence-corrected chi connectivity index (χ1v) is 6.21. The standard InChI is InChI=1S/C11H11NO4S/c1-16-10-4-5-11(17(13,14)15)8-3-2-7(12)6-9(8)10/h2-6H,12H2,1H3,(H,13,14,15). The Kier molecular flexibility index (Phi) is 2.68. The fourth-order valence-corrected chi connectivity index (χ4v) is 2.41. The summed E-state index contributed by atoms with van der Waals surface area (Å²) < 4.78 is 36.7. The molecule has 0 aliphatic rings. The van der Waals surface area contributed by atoms with Gasteiger partial charge in [0.15, 0.2) is 0 Å². The van der Waals surface area contributed by atoms with Crippen LogP contribution in [-0.2, 0) is 10.1 Å². The molecule has 0 unspecified atom stereocenters. The molecule has 0 fully saturated rings. The first kappa shape index (κ1) is 11.7. The van der Waals surface area contributed by atoms with Crippen molar-refractivity contribution in [1.82, 2.24) is 0 Å². The van der Waals surface area contributed by atoms with Crippen molar-refractivity contribution in [3.63, 3.8) is 0 Å². The molecule has 6 heteroatoms. The molecule has 3 N–H and O–H groups in total. The third-order valence-corrected chi connectivity index (χ3v) is 3.37.